The molecule has 0 spiro atoms. The van der Waals surface area contributed by atoms with Crippen LogP contribution in [0.1, 0.15) is 36.4 Å². The molecule has 1 unspecified atom stereocenters. The molecule has 0 aliphatic heterocycles. The molecule has 0 bridgehead atoms. The first-order chi connectivity index (χ1) is 6.25. The van der Waals surface area contributed by atoms with Gasteiger partial charge in [-0.15, -0.1) is 6.58 Å². The standard InChI is InChI=1S/C11H17NS/c1-3-4-5-6-11(12)10-8-13-7-9(10)2/h3,7-8,11H,1,4-6,12H2,2H3. The molecule has 13 heavy (non-hydrogen) atoms. The Morgan fingerprint density at radius 3 is 2.92 bits per heavy atom. The Balaban J connectivity index is 2.44. The van der Waals surface area contributed by atoms with E-state index in [1.165, 1.54) is 11.1 Å². The number of aryl methyl sites for hydroxylation is 1. The van der Waals surface area contributed by atoms with E-state index >= 15 is 0 Å². The molecule has 1 atom stereocenters. The Labute approximate surface area is 84.3 Å². The molecule has 0 saturated carbocycles. The summed E-state index contributed by atoms with van der Waals surface area (Å²) in [6, 6.07) is 0.214. The Hall–Kier alpha value is -0.600. The predicted molar refractivity (Wildman–Crippen MR) is 60.0 cm³/mol. The van der Waals surface area contributed by atoms with Gasteiger partial charge >= 0.3 is 0 Å². The van der Waals surface area contributed by atoms with Crippen molar-refractivity contribution in [2.75, 3.05) is 0 Å². The predicted octanol–water partition coefficient (Wildman–Crippen LogP) is 3.41. The molecule has 0 amide bonds. The molecule has 0 aliphatic carbocycles. The molecule has 0 radical (unpaired) electrons. The van der Waals surface area contributed by atoms with Crippen LogP contribution in [-0.2, 0) is 0 Å². The van der Waals surface area contributed by atoms with Gasteiger partial charge in [-0.2, -0.15) is 11.3 Å². The van der Waals surface area contributed by atoms with Crippen LogP contribution in [0.2, 0.25) is 0 Å². The van der Waals surface area contributed by atoms with Gasteiger partial charge in [0.15, 0.2) is 0 Å². The van der Waals surface area contributed by atoms with Crippen molar-refractivity contribution >= 4 is 11.3 Å². The molecule has 2 N–H and O–H groups in total. The highest BCUT2D eigenvalue weighted by Crippen LogP contribution is 2.23. The van der Waals surface area contributed by atoms with Gasteiger partial charge in [-0.1, -0.05) is 6.08 Å². The first-order valence-electron chi connectivity index (χ1n) is 4.65. The highest BCUT2D eigenvalue weighted by atomic mass is 32.1. The maximum Gasteiger partial charge on any atom is 0.0305 e. The van der Waals surface area contributed by atoms with E-state index in [9.17, 15) is 0 Å². The van der Waals surface area contributed by atoms with E-state index in [1.807, 2.05) is 6.08 Å². The SMILES string of the molecule is C=CCCCC(N)c1cscc1C. The van der Waals surface area contributed by atoms with Crippen molar-refractivity contribution in [3.05, 3.63) is 34.5 Å². The number of allylic oxidation sites excluding steroid dienone is 1. The molecule has 0 aliphatic rings. The second-order valence-electron chi connectivity index (χ2n) is 3.34. The zero-order chi connectivity index (χ0) is 9.68. The molecular weight excluding hydrogens is 178 g/mol. The summed E-state index contributed by atoms with van der Waals surface area (Å²) >= 11 is 1.73. The zero-order valence-corrected chi connectivity index (χ0v) is 8.94. The van der Waals surface area contributed by atoms with Crippen LogP contribution in [0.5, 0.6) is 0 Å². The first-order valence-corrected chi connectivity index (χ1v) is 5.59. The van der Waals surface area contributed by atoms with Gasteiger partial charge in [-0.25, -0.2) is 0 Å². The van der Waals surface area contributed by atoms with E-state index in [0.717, 1.165) is 19.3 Å². The van der Waals surface area contributed by atoms with Crippen molar-refractivity contribution in [2.24, 2.45) is 5.73 Å². The Morgan fingerprint density at radius 2 is 2.38 bits per heavy atom. The summed E-state index contributed by atoms with van der Waals surface area (Å²) in [5, 5.41) is 4.32. The lowest BCUT2D eigenvalue weighted by Crippen LogP contribution is -2.09. The van der Waals surface area contributed by atoms with Crippen molar-refractivity contribution < 1.29 is 0 Å². The van der Waals surface area contributed by atoms with Crippen molar-refractivity contribution in [2.45, 2.75) is 32.2 Å². The third-order valence-corrected chi connectivity index (χ3v) is 3.10. The fourth-order valence-corrected chi connectivity index (χ4v) is 2.30. The first kappa shape index (κ1) is 10.5. The Kier molecular flexibility index (Phi) is 4.19. The smallest absolute Gasteiger partial charge is 0.0305 e. The number of nitrogens with two attached hydrogens (primary N) is 1. The topological polar surface area (TPSA) is 26.0 Å². The fourth-order valence-electron chi connectivity index (χ4n) is 1.39. The summed E-state index contributed by atoms with van der Waals surface area (Å²) in [5.74, 6) is 0. The van der Waals surface area contributed by atoms with Crippen molar-refractivity contribution in [1.29, 1.82) is 0 Å². The average molecular weight is 195 g/mol. The minimum Gasteiger partial charge on any atom is -0.324 e. The summed E-state index contributed by atoms with van der Waals surface area (Å²) in [5.41, 5.74) is 8.70. The van der Waals surface area contributed by atoms with Crippen molar-refractivity contribution in [3.63, 3.8) is 0 Å². The van der Waals surface area contributed by atoms with Crippen LogP contribution in [0, 0.1) is 6.92 Å². The minimum absolute atomic E-state index is 0.214. The monoisotopic (exact) mass is 195 g/mol. The molecule has 0 fully saturated rings. The lowest BCUT2D eigenvalue weighted by Gasteiger charge is -2.10. The molecule has 1 rings (SSSR count). The van der Waals surface area contributed by atoms with Crippen LogP contribution < -0.4 is 5.73 Å². The molecule has 0 saturated heterocycles. The third-order valence-electron chi connectivity index (χ3n) is 2.22. The van der Waals surface area contributed by atoms with Crippen LogP contribution in [0.3, 0.4) is 0 Å². The highest BCUT2D eigenvalue weighted by molar-refractivity contribution is 7.08. The van der Waals surface area contributed by atoms with E-state index < -0.39 is 0 Å². The highest BCUT2D eigenvalue weighted by Gasteiger charge is 2.08. The molecule has 1 nitrogen and oxygen atoms in total. The van der Waals surface area contributed by atoms with Crippen molar-refractivity contribution in [3.8, 4) is 0 Å². The van der Waals surface area contributed by atoms with Crippen molar-refractivity contribution in [1.82, 2.24) is 0 Å². The van der Waals surface area contributed by atoms with Crippen LogP contribution in [0.15, 0.2) is 23.4 Å². The minimum atomic E-state index is 0.214. The summed E-state index contributed by atoms with van der Waals surface area (Å²) < 4.78 is 0. The molecule has 1 heterocycles. The van der Waals surface area contributed by atoms with E-state index in [2.05, 4.69) is 24.3 Å². The number of unbranched alkanes of at least 4 members (excludes halogenated alkanes) is 1. The third kappa shape index (κ3) is 2.98. The lowest BCUT2D eigenvalue weighted by molar-refractivity contribution is 0.616. The maximum absolute atomic E-state index is 6.05. The number of hydrogen-bond acceptors (Lipinski definition) is 2. The second kappa shape index (κ2) is 5.20. The molecule has 72 valence electrons. The molecule has 1 aromatic rings. The second-order valence-corrected chi connectivity index (χ2v) is 4.08. The summed E-state index contributed by atoms with van der Waals surface area (Å²) in [4.78, 5) is 0. The van der Waals surface area contributed by atoms with E-state index in [4.69, 9.17) is 5.73 Å². The van der Waals surface area contributed by atoms with Gasteiger partial charge in [0.2, 0.25) is 0 Å². The maximum atomic E-state index is 6.05. The van der Waals surface area contributed by atoms with Crippen LogP contribution in [0.25, 0.3) is 0 Å². The molecule has 1 aromatic heterocycles. The van der Waals surface area contributed by atoms with Gasteiger partial charge in [0, 0.05) is 6.04 Å². The summed E-state index contributed by atoms with van der Waals surface area (Å²) in [6.07, 6.45) is 5.22. The zero-order valence-electron chi connectivity index (χ0n) is 8.12. The van der Waals surface area contributed by atoms with Gasteiger partial charge in [0.1, 0.15) is 0 Å². The molecule has 0 aromatic carbocycles. The van der Waals surface area contributed by atoms with Crippen LogP contribution in [0.4, 0.5) is 0 Å². The molecule has 2 heteroatoms. The van der Waals surface area contributed by atoms with E-state index in [-0.39, 0.29) is 6.04 Å². The fraction of sp³-hybridized carbons (Fsp3) is 0.455. The van der Waals surface area contributed by atoms with E-state index in [0.29, 0.717) is 0 Å². The van der Waals surface area contributed by atoms with Gasteiger partial charge in [-0.3, -0.25) is 0 Å². The Morgan fingerprint density at radius 1 is 1.62 bits per heavy atom. The van der Waals surface area contributed by atoms with Gasteiger partial charge < -0.3 is 5.73 Å². The lowest BCUT2D eigenvalue weighted by atomic mass is 10.0. The van der Waals surface area contributed by atoms with Gasteiger partial charge in [0.25, 0.3) is 0 Å². The largest absolute Gasteiger partial charge is 0.324 e. The number of thiophene rings is 1. The van der Waals surface area contributed by atoms with Gasteiger partial charge in [0.05, 0.1) is 0 Å². The number of hydrogen-bond donors (Lipinski definition) is 1. The van der Waals surface area contributed by atoms with Crippen LogP contribution in [-0.4, -0.2) is 0 Å². The quantitative estimate of drug-likeness (QED) is 0.565. The Bertz CT molecular complexity index is 265. The summed E-state index contributed by atoms with van der Waals surface area (Å²) in [6.45, 7) is 5.82. The van der Waals surface area contributed by atoms with E-state index in [1.54, 1.807) is 11.3 Å². The normalized spacial score (nSPS) is 12.8. The van der Waals surface area contributed by atoms with Gasteiger partial charge in [-0.05, 0) is 48.1 Å². The van der Waals surface area contributed by atoms with Crippen LogP contribution >= 0.6 is 11.3 Å². The average Bonchev–Trinajstić information content (AvgIpc) is 2.52. The molecular formula is C11H17NS. The number of rotatable bonds is 5. The summed E-state index contributed by atoms with van der Waals surface area (Å²) in [7, 11) is 0.